The average Bonchev–Trinajstić information content (AvgIpc) is 2.74. The SMILES string of the molecule is COC(=O)c1cccc(-c2ccc(C(=O)NCCN3CCCCC3)cc2)c1. The van der Waals surface area contributed by atoms with Crippen LogP contribution in [0.5, 0.6) is 0 Å². The number of carbonyl (C=O) groups is 2. The van der Waals surface area contributed by atoms with Crippen molar-refractivity contribution in [1.29, 1.82) is 0 Å². The minimum absolute atomic E-state index is 0.0538. The summed E-state index contributed by atoms with van der Waals surface area (Å²) in [7, 11) is 1.37. The third-order valence-electron chi connectivity index (χ3n) is 4.93. The second-order valence-corrected chi connectivity index (χ2v) is 6.81. The zero-order chi connectivity index (χ0) is 19.1. The van der Waals surface area contributed by atoms with Crippen molar-refractivity contribution in [1.82, 2.24) is 10.2 Å². The second-order valence-electron chi connectivity index (χ2n) is 6.81. The molecule has 5 nitrogen and oxygen atoms in total. The number of amides is 1. The van der Waals surface area contributed by atoms with Crippen molar-refractivity contribution < 1.29 is 14.3 Å². The number of hydrogen-bond donors (Lipinski definition) is 1. The first kappa shape index (κ1) is 19.1. The van der Waals surface area contributed by atoms with Crippen molar-refractivity contribution in [2.45, 2.75) is 19.3 Å². The van der Waals surface area contributed by atoms with Gasteiger partial charge in [-0.25, -0.2) is 4.79 Å². The lowest BCUT2D eigenvalue weighted by Gasteiger charge is -2.26. The quantitative estimate of drug-likeness (QED) is 0.797. The van der Waals surface area contributed by atoms with Gasteiger partial charge in [0.25, 0.3) is 5.91 Å². The summed E-state index contributed by atoms with van der Waals surface area (Å²) in [6.07, 6.45) is 3.83. The van der Waals surface area contributed by atoms with Gasteiger partial charge in [-0.3, -0.25) is 4.79 Å². The summed E-state index contributed by atoms with van der Waals surface area (Å²) in [5, 5.41) is 3.00. The van der Waals surface area contributed by atoms with Gasteiger partial charge >= 0.3 is 5.97 Å². The van der Waals surface area contributed by atoms with Crippen LogP contribution in [-0.4, -0.2) is 50.1 Å². The Morgan fingerprint density at radius 3 is 2.41 bits per heavy atom. The molecule has 0 aromatic heterocycles. The van der Waals surface area contributed by atoms with Gasteiger partial charge in [-0.1, -0.05) is 30.7 Å². The standard InChI is InChI=1S/C22H26N2O3/c1-27-22(26)20-7-5-6-19(16-20)17-8-10-18(11-9-17)21(25)23-12-15-24-13-3-2-4-14-24/h5-11,16H,2-4,12-15H2,1H3,(H,23,25). The highest BCUT2D eigenvalue weighted by atomic mass is 16.5. The molecule has 0 atom stereocenters. The van der Waals surface area contributed by atoms with E-state index in [-0.39, 0.29) is 11.9 Å². The number of nitrogens with one attached hydrogen (secondary N) is 1. The Hall–Kier alpha value is -2.66. The molecule has 2 aromatic carbocycles. The van der Waals surface area contributed by atoms with Gasteiger partial charge in [0, 0.05) is 18.7 Å². The number of hydrogen-bond acceptors (Lipinski definition) is 4. The van der Waals surface area contributed by atoms with Gasteiger partial charge in [0.2, 0.25) is 0 Å². The number of piperidine rings is 1. The van der Waals surface area contributed by atoms with Crippen molar-refractivity contribution in [2.24, 2.45) is 0 Å². The molecule has 1 heterocycles. The number of likely N-dealkylation sites (tertiary alicyclic amines) is 1. The van der Waals surface area contributed by atoms with Gasteiger partial charge in [-0.2, -0.15) is 0 Å². The third kappa shape index (κ3) is 5.17. The summed E-state index contributed by atoms with van der Waals surface area (Å²) >= 11 is 0. The zero-order valence-electron chi connectivity index (χ0n) is 15.7. The van der Waals surface area contributed by atoms with Crippen molar-refractivity contribution in [3.8, 4) is 11.1 Å². The Kier molecular flexibility index (Phi) is 6.60. The van der Waals surface area contributed by atoms with Crippen LogP contribution in [0.3, 0.4) is 0 Å². The third-order valence-corrected chi connectivity index (χ3v) is 4.93. The molecular weight excluding hydrogens is 340 g/mol. The highest BCUT2D eigenvalue weighted by Gasteiger charge is 2.11. The first-order valence-corrected chi connectivity index (χ1v) is 9.47. The van der Waals surface area contributed by atoms with Gasteiger partial charge in [-0.15, -0.1) is 0 Å². The lowest BCUT2D eigenvalue weighted by Crippen LogP contribution is -2.37. The molecule has 2 aromatic rings. The van der Waals surface area contributed by atoms with Crippen LogP contribution in [0.4, 0.5) is 0 Å². The van der Waals surface area contributed by atoms with Gasteiger partial charge < -0.3 is 15.0 Å². The molecule has 142 valence electrons. The fourth-order valence-corrected chi connectivity index (χ4v) is 3.37. The van der Waals surface area contributed by atoms with Crippen LogP contribution in [-0.2, 0) is 4.74 Å². The molecule has 27 heavy (non-hydrogen) atoms. The van der Waals surface area contributed by atoms with Crippen LogP contribution in [0.15, 0.2) is 48.5 Å². The van der Waals surface area contributed by atoms with E-state index in [0.717, 1.165) is 30.8 Å². The predicted octanol–water partition coefficient (Wildman–Crippen LogP) is 3.36. The molecule has 0 unspecified atom stereocenters. The Labute approximate surface area is 160 Å². The number of ether oxygens (including phenoxy) is 1. The summed E-state index contributed by atoms with van der Waals surface area (Å²) in [6, 6.07) is 14.7. The van der Waals surface area contributed by atoms with E-state index in [0.29, 0.717) is 17.7 Å². The van der Waals surface area contributed by atoms with E-state index in [9.17, 15) is 9.59 Å². The maximum atomic E-state index is 12.3. The zero-order valence-corrected chi connectivity index (χ0v) is 15.7. The van der Waals surface area contributed by atoms with E-state index in [4.69, 9.17) is 4.74 Å². The average molecular weight is 366 g/mol. The molecule has 1 fully saturated rings. The molecule has 1 aliphatic rings. The molecule has 0 aliphatic carbocycles. The van der Waals surface area contributed by atoms with Gasteiger partial charge in [0.15, 0.2) is 0 Å². The van der Waals surface area contributed by atoms with Crippen LogP contribution in [0.25, 0.3) is 11.1 Å². The Morgan fingerprint density at radius 1 is 0.963 bits per heavy atom. The molecule has 1 N–H and O–H groups in total. The van der Waals surface area contributed by atoms with E-state index in [1.807, 2.05) is 36.4 Å². The van der Waals surface area contributed by atoms with Crippen LogP contribution in [0.1, 0.15) is 40.0 Å². The molecule has 0 radical (unpaired) electrons. The van der Waals surface area contributed by atoms with Crippen molar-refractivity contribution in [3.05, 3.63) is 59.7 Å². The fraction of sp³-hybridized carbons (Fsp3) is 0.364. The van der Waals surface area contributed by atoms with Crippen LogP contribution in [0.2, 0.25) is 0 Å². The predicted molar refractivity (Wildman–Crippen MR) is 106 cm³/mol. The molecule has 0 spiro atoms. The summed E-state index contributed by atoms with van der Waals surface area (Å²) < 4.78 is 4.76. The summed E-state index contributed by atoms with van der Waals surface area (Å²) in [5.41, 5.74) is 3.01. The fourth-order valence-electron chi connectivity index (χ4n) is 3.37. The van der Waals surface area contributed by atoms with E-state index >= 15 is 0 Å². The topological polar surface area (TPSA) is 58.6 Å². The Balaban J connectivity index is 1.58. The minimum atomic E-state index is -0.360. The van der Waals surface area contributed by atoms with Crippen LogP contribution >= 0.6 is 0 Å². The summed E-state index contributed by atoms with van der Waals surface area (Å²) in [4.78, 5) is 26.4. The summed E-state index contributed by atoms with van der Waals surface area (Å²) in [6.45, 7) is 3.84. The first-order chi connectivity index (χ1) is 13.2. The maximum Gasteiger partial charge on any atom is 0.337 e. The van der Waals surface area contributed by atoms with Crippen molar-refractivity contribution in [2.75, 3.05) is 33.3 Å². The van der Waals surface area contributed by atoms with Gasteiger partial charge in [0.1, 0.15) is 0 Å². The Bertz CT molecular complexity index is 780. The molecule has 3 rings (SSSR count). The number of rotatable bonds is 6. The van der Waals surface area contributed by atoms with Crippen LogP contribution < -0.4 is 5.32 Å². The molecule has 0 bridgehead atoms. The number of carbonyl (C=O) groups excluding carboxylic acids is 2. The van der Waals surface area contributed by atoms with E-state index < -0.39 is 0 Å². The lowest BCUT2D eigenvalue weighted by molar-refractivity contribution is 0.0600. The van der Waals surface area contributed by atoms with Gasteiger partial charge in [0.05, 0.1) is 12.7 Å². The number of benzene rings is 2. The van der Waals surface area contributed by atoms with E-state index in [1.165, 1.54) is 26.4 Å². The van der Waals surface area contributed by atoms with Crippen LogP contribution in [0, 0.1) is 0 Å². The lowest BCUT2D eigenvalue weighted by atomic mass is 10.0. The van der Waals surface area contributed by atoms with Gasteiger partial charge in [-0.05, 0) is 61.3 Å². The molecule has 5 heteroatoms. The largest absolute Gasteiger partial charge is 0.465 e. The van der Waals surface area contributed by atoms with Crippen molar-refractivity contribution in [3.63, 3.8) is 0 Å². The van der Waals surface area contributed by atoms with E-state index in [1.54, 1.807) is 12.1 Å². The number of esters is 1. The molecule has 0 saturated carbocycles. The molecule has 1 amide bonds. The highest BCUT2D eigenvalue weighted by molar-refractivity contribution is 5.95. The minimum Gasteiger partial charge on any atom is -0.465 e. The molecule has 1 saturated heterocycles. The summed E-state index contributed by atoms with van der Waals surface area (Å²) in [5.74, 6) is -0.413. The molecule has 1 aliphatic heterocycles. The normalized spacial score (nSPS) is 14.6. The first-order valence-electron chi connectivity index (χ1n) is 9.47. The number of nitrogens with zero attached hydrogens (tertiary/aromatic N) is 1. The van der Waals surface area contributed by atoms with E-state index in [2.05, 4.69) is 10.2 Å². The second kappa shape index (κ2) is 9.33. The Morgan fingerprint density at radius 2 is 1.70 bits per heavy atom. The molecular formula is C22H26N2O3. The number of methoxy groups -OCH3 is 1. The van der Waals surface area contributed by atoms with Crippen molar-refractivity contribution >= 4 is 11.9 Å². The smallest absolute Gasteiger partial charge is 0.337 e. The highest BCUT2D eigenvalue weighted by Crippen LogP contribution is 2.21. The maximum absolute atomic E-state index is 12.3. The monoisotopic (exact) mass is 366 g/mol.